The normalized spacial score (nSPS) is 14.3. The number of carbonyl (C=O) groups is 2. The number of nitrogens with zero attached hydrogens (tertiary/aromatic N) is 1. The van der Waals surface area contributed by atoms with Crippen LogP contribution in [0, 0.1) is 0 Å². The van der Waals surface area contributed by atoms with Crippen molar-refractivity contribution in [2.75, 3.05) is 12.4 Å². The lowest BCUT2D eigenvalue weighted by Crippen LogP contribution is -2.38. The third kappa shape index (κ3) is 8.55. The zero-order valence-corrected chi connectivity index (χ0v) is 19.5. The first-order valence-electron chi connectivity index (χ1n) is 10.8. The van der Waals surface area contributed by atoms with Crippen LogP contribution in [0.5, 0.6) is 5.75 Å². The molecule has 170 valence electrons. The van der Waals surface area contributed by atoms with Gasteiger partial charge in [-0.1, -0.05) is 49.1 Å². The fraction of sp³-hybridized carbons (Fsp3) is 0.375. The van der Waals surface area contributed by atoms with Crippen LogP contribution in [0.25, 0.3) is 0 Å². The number of benzene rings is 2. The van der Waals surface area contributed by atoms with Crippen LogP contribution in [0.4, 0.5) is 0 Å². The van der Waals surface area contributed by atoms with Crippen molar-refractivity contribution in [3.63, 3.8) is 0 Å². The Morgan fingerprint density at radius 2 is 1.81 bits per heavy atom. The molecule has 8 heteroatoms. The number of ether oxygens (including phenoxy) is 1. The van der Waals surface area contributed by atoms with Crippen molar-refractivity contribution in [1.82, 2.24) is 10.7 Å². The predicted octanol–water partition coefficient (Wildman–Crippen LogP) is 4.55. The molecule has 3 rings (SSSR count). The standard InChI is InChI=1S/C24H28ClN3O3S/c25-22-9-5-4-6-19(22)16-32-17-24(30)28-26-14-18-10-12-21(13-11-18)31-15-23(29)27-20-7-2-1-3-8-20/h4-6,9-14,20H,1-3,7-8,15-17H2,(H,27,29)(H,28,30)/b26-14-. The quantitative estimate of drug-likeness (QED) is 0.392. The van der Waals surface area contributed by atoms with Crippen LogP contribution in [-0.2, 0) is 15.3 Å². The van der Waals surface area contributed by atoms with Gasteiger partial charge >= 0.3 is 0 Å². The fourth-order valence-corrected chi connectivity index (χ4v) is 4.50. The average Bonchev–Trinajstić information content (AvgIpc) is 2.80. The maximum Gasteiger partial charge on any atom is 0.258 e. The molecule has 0 unspecified atom stereocenters. The highest BCUT2D eigenvalue weighted by Gasteiger charge is 2.15. The SMILES string of the molecule is O=C(CSCc1ccccc1Cl)N/N=C\c1ccc(OCC(=O)NC2CCCCC2)cc1. The molecule has 2 aromatic rings. The molecule has 1 aliphatic carbocycles. The van der Waals surface area contributed by atoms with E-state index in [0.29, 0.717) is 16.5 Å². The van der Waals surface area contributed by atoms with Gasteiger partial charge in [-0.15, -0.1) is 11.8 Å². The zero-order chi connectivity index (χ0) is 22.6. The van der Waals surface area contributed by atoms with Crippen LogP contribution in [0.3, 0.4) is 0 Å². The van der Waals surface area contributed by atoms with Crippen molar-refractivity contribution in [3.8, 4) is 5.75 Å². The lowest BCUT2D eigenvalue weighted by atomic mass is 9.95. The van der Waals surface area contributed by atoms with Crippen molar-refractivity contribution in [1.29, 1.82) is 0 Å². The molecule has 0 aliphatic heterocycles. The van der Waals surface area contributed by atoms with Crippen molar-refractivity contribution in [2.24, 2.45) is 5.10 Å². The lowest BCUT2D eigenvalue weighted by Gasteiger charge is -2.22. The molecular weight excluding hydrogens is 446 g/mol. The van der Waals surface area contributed by atoms with Crippen LogP contribution in [0.1, 0.15) is 43.2 Å². The number of halogens is 1. The number of hydrogen-bond donors (Lipinski definition) is 2. The van der Waals surface area contributed by atoms with E-state index in [1.807, 2.05) is 36.4 Å². The van der Waals surface area contributed by atoms with Gasteiger partial charge in [-0.25, -0.2) is 5.43 Å². The summed E-state index contributed by atoms with van der Waals surface area (Å²) in [6.45, 7) is 0.00581. The zero-order valence-electron chi connectivity index (χ0n) is 17.9. The number of amides is 2. The Bertz CT molecular complexity index is 915. The largest absolute Gasteiger partial charge is 0.484 e. The van der Waals surface area contributed by atoms with Gasteiger partial charge in [-0.3, -0.25) is 9.59 Å². The topological polar surface area (TPSA) is 79.8 Å². The minimum atomic E-state index is -0.178. The monoisotopic (exact) mass is 473 g/mol. The summed E-state index contributed by atoms with van der Waals surface area (Å²) in [5.41, 5.74) is 4.33. The molecule has 0 saturated heterocycles. The Kier molecular flexibility index (Phi) is 9.91. The third-order valence-corrected chi connectivity index (χ3v) is 6.42. The summed E-state index contributed by atoms with van der Waals surface area (Å²) in [5.74, 6) is 1.30. The van der Waals surface area contributed by atoms with Gasteiger partial charge in [0.15, 0.2) is 6.61 Å². The first-order chi connectivity index (χ1) is 15.6. The molecule has 2 N–H and O–H groups in total. The van der Waals surface area contributed by atoms with E-state index >= 15 is 0 Å². The van der Waals surface area contributed by atoms with Gasteiger partial charge in [-0.2, -0.15) is 5.10 Å². The van der Waals surface area contributed by atoms with E-state index in [0.717, 1.165) is 24.0 Å². The summed E-state index contributed by atoms with van der Waals surface area (Å²) in [4.78, 5) is 23.9. The van der Waals surface area contributed by atoms with Crippen molar-refractivity contribution in [2.45, 2.75) is 43.9 Å². The van der Waals surface area contributed by atoms with Crippen LogP contribution in [0.15, 0.2) is 53.6 Å². The van der Waals surface area contributed by atoms with E-state index < -0.39 is 0 Å². The van der Waals surface area contributed by atoms with Crippen LogP contribution < -0.4 is 15.5 Å². The number of hydrazone groups is 1. The maximum absolute atomic E-state index is 12.0. The van der Waals surface area contributed by atoms with E-state index in [1.165, 1.54) is 31.0 Å². The summed E-state index contributed by atoms with van der Waals surface area (Å²) >= 11 is 7.59. The molecule has 1 fully saturated rings. The van der Waals surface area contributed by atoms with Crippen molar-refractivity contribution >= 4 is 41.4 Å². The van der Waals surface area contributed by atoms with E-state index in [9.17, 15) is 9.59 Å². The summed E-state index contributed by atoms with van der Waals surface area (Å²) in [5, 5.41) is 7.72. The Balaban J connectivity index is 1.33. The summed E-state index contributed by atoms with van der Waals surface area (Å²) in [6, 6.07) is 15.1. The average molecular weight is 474 g/mol. The molecule has 1 aliphatic rings. The number of nitrogens with one attached hydrogen (secondary N) is 2. The second-order valence-corrected chi connectivity index (χ2v) is 9.03. The van der Waals surface area contributed by atoms with Crippen LogP contribution in [-0.4, -0.2) is 36.4 Å². The molecule has 0 aromatic heterocycles. The number of hydrogen-bond acceptors (Lipinski definition) is 5. The number of rotatable bonds is 10. The Morgan fingerprint density at radius 3 is 2.56 bits per heavy atom. The molecule has 0 spiro atoms. The van der Waals surface area contributed by atoms with Gasteiger partial charge in [0, 0.05) is 16.8 Å². The molecule has 0 atom stereocenters. The highest BCUT2D eigenvalue weighted by atomic mass is 35.5. The first kappa shape index (κ1) is 24.1. The van der Waals surface area contributed by atoms with Crippen molar-refractivity contribution < 1.29 is 14.3 Å². The third-order valence-electron chi connectivity index (χ3n) is 5.07. The first-order valence-corrected chi connectivity index (χ1v) is 12.3. The molecule has 32 heavy (non-hydrogen) atoms. The van der Waals surface area contributed by atoms with Crippen LogP contribution >= 0.6 is 23.4 Å². The molecule has 2 aromatic carbocycles. The molecule has 0 heterocycles. The van der Waals surface area contributed by atoms with Gasteiger partial charge in [0.05, 0.1) is 12.0 Å². The minimum absolute atomic E-state index is 0.00581. The maximum atomic E-state index is 12.0. The second kappa shape index (κ2) is 13.1. The Hall–Kier alpha value is -2.51. The van der Waals surface area contributed by atoms with E-state index in [4.69, 9.17) is 16.3 Å². The molecule has 1 saturated carbocycles. The predicted molar refractivity (Wildman–Crippen MR) is 130 cm³/mol. The minimum Gasteiger partial charge on any atom is -0.484 e. The summed E-state index contributed by atoms with van der Waals surface area (Å²) < 4.78 is 5.56. The summed E-state index contributed by atoms with van der Waals surface area (Å²) in [6.07, 6.45) is 7.28. The van der Waals surface area contributed by atoms with Gasteiger partial charge in [0.25, 0.3) is 5.91 Å². The molecule has 2 amide bonds. The van der Waals surface area contributed by atoms with Gasteiger partial charge < -0.3 is 10.1 Å². The van der Waals surface area contributed by atoms with Gasteiger partial charge in [0.2, 0.25) is 5.91 Å². The van der Waals surface area contributed by atoms with Crippen molar-refractivity contribution in [3.05, 3.63) is 64.7 Å². The Labute approximate surface area is 198 Å². The second-order valence-electron chi connectivity index (χ2n) is 7.64. The highest BCUT2D eigenvalue weighted by Crippen LogP contribution is 2.20. The van der Waals surface area contributed by atoms with E-state index in [2.05, 4.69) is 15.8 Å². The lowest BCUT2D eigenvalue weighted by molar-refractivity contribution is -0.124. The smallest absolute Gasteiger partial charge is 0.258 e. The van der Waals surface area contributed by atoms with E-state index in [-0.39, 0.29) is 30.2 Å². The Morgan fingerprint density at radius 1 is 1.06 bits per heavy atom. The summed E-state index contributed by atoms with van der Waals surface area (Å²) in [7, 11) is 0. The fourth-order valence-electron chi connectivity index (χ4n) is 3.40. The molecule has 0 bridgehead atoms. The van der Waals surface area contributed by atoms with Gasteiger partial charge in [-0.05, 0) is 54.3 Å². The van der Waals surface area contributed by atoms with Crippen LogP contribution in [0.2, 0.25) is 5.02 Å². The molecule has 6 nitrogen and oxygen atoms in total. The number of thioether (sulfide) groups is 1. The number of carbonyl (C=O) groups excluding carboxylic acids is 2. The molecule has 0 radical (unpaired) electrons. The van der Waals surface area contributed by atoms with Gasteiger partial charge in [0.1, 0.15) is 5.75 Å². The highest BCUT2D eigenvalue weighted by molar-refractivity contribution is 7.99. The van der Waals surface area contributed by atoms with E-state index in [1.54, 1.807) is 18.3 Å². The molecular formula is C24H28ClN3O3S.